The van der Waals surface area contributed by atoms with E-state index in [1.165, 1.54) is 0 Å². The lowest BCUT2D eigenvalue weighted by Gasteiger charge is -2.16. The molecule has 0 aliphatic rings. The van der Waals surface area contributed by atoms with Crippen LogP contribution in [0.5, 0.6) is 0 Å². The van der Waals surface area contributed by atoms with Gasteiger partial charge in [-0.25, -0.2) is 0 Å². The van der Waals surface area contributed by atoms with E-state index in [-0.39, 0.29) is 11.9 Å². The molecule has 4 heteroatoms. The van der Waals surface area contributed by atoms with E-state index in [0.29, 0.717) is 5.02 Å². The van der Waals surface area contributed by atoms with Crippen molar-refractivity contribution in [2.24, 2.45) is 5.73 Å². The van der Waals surface area contributed by atoms with E-state index in [4.69, 9.17) is 17.3 Å². The van der Waals surface area contributed by atoms with E-state index in [2.05, 4.69) is 5.32 Å². The van der Waals surface area contributed by atoms with Gasteiger partial charge in [0.15, 0.2) is 0 Å². The number of rotatable bonds is 3. The zero-order chi connectivity index (χ0) is 11.4. The smallest absolute Gasteiger partial charge is 0.237 e. The molecule has 82 valence electrons. The van der Waals surface area contributed by atoms with Gasteiger partial charge in [0.25, 0.3) is 0 Å². The zero-order valence-electron chi connectivity index (χ0n) is 8.83. The van der Waals surface area contributed by atoms with Gasteiger partial charge in [-0.15, -0.1) is 0 Å². The fourth-order valence-corrected chi connectivity index (χ4v) is 1.40. The number of halogens is 1. The van der Waals surface area contributed by atoms with Crippen LogP contribution in [0, 0.1) is 0 Å². The van der Waals surface area contributed by atoms with E-state index >= 15 is 0 Å². The van der Waals surface area contributed by atoms with Gasteiger partial charge in [-0.1, -0.05) is 23.7 Å². The van der Waals surface area contributed by atoms with Gasteiger partial charge in [0, 0.05) is 5.02 Å². The molecule has 15 heavy (non-hydrogen) atoms. The number of carbonyl (C=O) groups excluding carboxylic acids is 1. The quantitative estimate of drug-likeness (QED) is 0.827. The zero-order valence-corrected chi connectivity index (χ0v) is 9.58. The second-order valence-corrected chi connectivity index (χ2v) is 4.01. The first kappa shape index (κ1) is 12.0. The number of nitrogens with two attached hydrogens (primary N) is 1. The molecule has 0 spiro atoms. The van der Waals surface area contributed by atoms with Gasteiger partial charge in [-0.05, 0) is 31.5 Å². The number of hydrogen-bond acceptors (Lipinski definition) is 2. The van der Waals surface area contributed by atoms with Crippen molar-refractivity contribution in [1.29, 1.82) is 0 Å². The molecule has 0 bridgehead atoms. The molecule has 3 N–H and O–H groups in total. The second-order valence-electron chi connectivity index (χ2n) is 3.57. The molecular weight excluding hydrogens is 212 g/mol. The van der Waals surface area contributed by atoms with E-state index in [1.54, 1.807) is 13.0 Å². The third kappa shape index (κ3) is 3.53. The summed E-state index contributed by atoms with van der Waals surface area (Å²) in [6.45, 7) is 3.55. The minimum atomic E-state index is -0.494. The maximum absolute atomic E-state index is 11.3. The normalized spacial score (nSPS) is 14.4. The average Bonchev–Trinajstić information content (AvgIpc) is 2.17. The Bertz CT molecular complexity index is 352. The largest absolute Gasteiger partial charge is 0.348 e. The van der Waals surface area contributed by atoms with Gasteiger partial charge in [0.2, 0.25) is 5.91 Å². The number of hydrogen-bond donors (Lipinski definition) is 2. The number of benzene rings is 1. The molecule has 1 rings (SSSR count). The van der Waals surface area contributed by atoms with Crippen molar-refractivity contribution < 1.29 is 4.79 Å². The van der Waals surface area contributed by atoms with Crippen molar-refractivity contribution in [2.45, 2.75) is 25.9 Å². The van der Waals surface area contributed by atoms with Gasteiger partial charge in [0.1, 0.15) is 0 Å². The van der Waals surface area contributed by atoms with Crippen LogP contribution in [0.1, 0.15) is 25.5 Å². The van der Waals surface area contributed by atoms with E-state index in [0.717, 1.165) is 5.56 Å². The Morgan fingerprint density at radius 1 is 1.47 bits per heavy atom. The van der Waals surface area contributed by atoms with Crippen molar-refractivity contribution >= 4 is 17.5 Å². The van der Waals surface area contributed by atoms with Gasteiger partial charge in [-0.3, -0.25) is 4.79 Å². The first-order valence-corrected chi connectivity index (χ1v) is 5.20. The molecule has 1 aromatic rings. The Labute approximate surface area is 94.6 Å². The summed E-state index contributed by atoms with van der Waals surface area (Å²) in [6, 6.07) is 6.82. The Hall–Kier alpha value is -1.06. The summed E-state index contributed by atoms with van der Waals surface area (Å²) in [4.78, 5) is 11.3. The van der Waals surface area contributed by atoms with Gasteiger partial charge < -0.3 is 11.1 Å². The Morgan fingerprint density at radius 2 is 2.13 bits per heavy atom. The summed E-state index contributed by atoms with van der Waals surface area (Å²) in [5.41, 5.74) is 6.42. The third-order valence-electron chi connectivity index (χ3n) is 2.12. The van der Waals surface area contributed by atoms with Gasteiger partial charge >= 0.3 is 0 Å². The SMILES string of the molecule is C[C@@H](N)C(=O)N[C@H](C)c1cccc(Cl)c1. The molecule has 0 aliphatic carbocycles. The molecular formula is C11H15ClN2O. The molecule has 0 heterocycles. The predicted octanol–water partition coefficient (Wildman–Crippen LogP) is 1.86. The molecule has 3 nitrogen and oxygen atoms in total. The maximum Gasteiger partial charge on any atom is 0.237 e. The van der Waals surface area contributed by atoms with Gasteiger partial charge in [0.05, 0.1) is 12.1 Å². The van der Waals surface area contributed by atoms with Crippen LogP contribution in [0.15, 0.2) is 24.3 Å². The summed E-state index contributed by atoms with van der Waals surface area (Å²) in [5.74, 6) is -0.164. The number of nitrogens with one attached hydrogen (secondary N) is 1. The Kier molecular flexibility index (Phi) is 4.12. The summed E-state index contributed by atoms with van der Waals surface area (Å²) >= 11 is 5.85. The van der Waals surface area contributed by atoms with Crippen molar-refractivity contribution in [2.75, 3.05) is 0 Å². The monoisotopic (exact) mass is 226 g/mol. The second kappa shape index (κ2) is 5.14. The van der Waals surface area contributed by atoms with Crippen molar-refractivity contribution in [3.8, 4) is 0 Å². The number of carbonyl (C=O) groups is 1. The highest BCUT2D eigenvalue weighted by molar-refractivity contribution is 6.30. The van der Waals surface area contributed by atoms with Crippen molar-refractivity contribution in [3.63, 3.8) is 0 Å². The highest BCUT2D eigenvalue weighted by Gasteiger charge is 2.12. The van der Waals surface area contributed by atoms with Crippen LogP contribution < -0.4 is 11.1 Å². The van der Waals surface area contributed by atoms with Crippen LogP contribution in [0.4, 0.5) is 0 Å². The minimum absolute atomic E-state index is 0.0813. The highest BCUT2D eigenvalue weighted by atomic mass is 35.5. The fraction of sp³-hybridized carbons (Fsp3) is 0.364. The van der Waals surface area contributed by atoms with Crippen LogP contribution in [-0.2, 0) is 4.79 Å². The van der Waals surface area contributed by atoms with Crippen molar-refractivity contribution in [1.82, 2.24) is 5.32 Å². The highest BCUT2D eigenvalue weighted by Crippen LogP contribution is 2.17. The fourth-order valence-electron chi connectivity index (χ4n) is 1.20. The van der Waals surface area contributed by atoms with Crippen LogP contribution >= 0.6 is 11.6 Å². The Morgan fingerprint density at radius 3 is 2.67 bits per heavy atom. The molecule has 2 atom stereocenters. The summed E-state index contributed by atoms with van der Waals surface area (Å²) in [7, 11) is 0. The molecule has 0 aliphatic heterocycles. The first-order valence-electron chi connectivity index (χ1n) is 4.82. The first-order chi connectivity index (χ1) is 7.00. The molecule has 0 radical (unpaired) electrons. The van der Waals surface area contributed by atoms with Crippen LogP contribution in [-0.4, -0.2) is 11.9 Å². The summed E-state index contributed by atoms with van der Waals surface area (Å²) in [6.07, 6.45) is 0. The lowest BCUT2D eigenvalue weighted by atomic mass is 10.1. The van der Waals surface area contributed by atoms with Crippen LogP contribution in [0.2, 0.25) is 5.02 Å². The maximum atomic E-state index is 11.3. The predicted molar refractivity (Wildman–Crippen MR) is 61.7 cm³/mol. The minimum Gasteiger partial charge on any atom is -0.348 e. The van der Waals surface area contributed by atoms with Gasteiger partial charge in [-0.2, -0.15) is 0 Å². The van der Waals surface area contributed by atoms with Crippen molar-refractivity contribution in [3.05, 3.63) is 34.9 Å². The average molecular weight is 227 g/mol. The molecule has 1 aromatic carbocycles. The van der Waals surface area contributed by atoms with E-state index < -0.39 is 6.04 Å². The van der Waals surface area contributed by atoms with E-state index in [1.807, 2.05) is 25.1 Å². The molecule has 0 fully saturated rings. The van der Waals surface area contributed by atoms with E-state index in [9.17, 15) is 4.79 Å². The molecule has 1 amide bonds. The standard InChI is InChI=1S/C11H15ClN2O/c1-7(13)11(15)14-8(2)9-4-3-5-10(12)6-9/h3-8H,13H2,1-2H3,(H,14,15)/t7-,8-/m1/s1. The van der Waals surface area contributed by atoms with Crippen LogP contribution in [0.25, 0.3) is 0 Å². The summed E-state index contributed by atoms with van der Waals surface area (Å²) < 4.78 is 0. The van der Waals surface area contributed by atoms with Crippen LogP contribution in [0.3, 0.4) is 0 Å². The molecule has 0 saturated carbocycles. The molecule has 0 saturated heterocycles. The molecule has 0 aromatic heterocycles. The number of amides is 1. The Balaban J connectivity index is 2.69. The lowest BCUT2D eigenvalue weighted by Crippen LogP contribution is -2.39. The topological polar surface area (TPSA) is 55.1 Å². The molecule has 0 unspecified atom stereocenters. The lowest BCUT2D eigenvalue weighted by molar-refractivity contribution is -0.122. The third-order valence-corrected chi connectivity index (χ3v) is 2.36. The summed E-state index contributed by atoms with van der Waals surface area (Å²) in [5, 5.41) is 3.46.